The molecule has 5 rings (SSSR count). The second-order valence-corrected chi connectivity index (χ2v) is 8.59. The lowest BCUT2D eigenvalue weighted by atomic mass is 10.1. The highest BCUT2D eigenvalue weighted by Gasteiger charge is 2.23. The fourth-order valence-electron chi connectivity index (χ4n) is 4.34. The third-order valence-corrected chi connectivity index (χ3v) is 6.14. The predicted octanol–water partition coefficient (Wildman–Crippen LogP) is 6.10. The summed E-state index contributed by atoms with van der Waals surface area (Å²) in [5.41, 5.74) is 6.84. The molecule has 0 aliphatic heterocycles. The van der Waals surface area contributed by atoms with E-state index in [0.29, 0.717) is 12.2 Å². The number of carbonyl (C=O) groups excluding carboxylic acids is 1. The summed E-state index contributed by atoms with van der Waals surface area (Å²) in [6.45, 7) is 8.32. The molecule has 6 heteroatoms. The van der Waals surface area contributed by atoms with Gasteiger partial charge in [0.15, 0.2) is 17.0 Å². The zero-order valence-corrected chi connectivity index (χ0v) is 19.6. The van der Waals surface area contributed by atoms with Crippen LogP contribution in [0, 0.1) is 13.8 Å². The van der Waals surface area contributed by atoms with E-state index >= 15 is 0 Å². The molecule has 0 atom stereocenters. The molecule has 0 saturated carbocycles. The number of rotatable bonds is 6. The van der Waals surface area contributed by atoms with Crippen LogP contribution in [0.2, 0.25) is 0 Å². The molecule has 0 aliphatic rings. The standard InChI is InChI=1S/C27H28N4O2/c1-5-9-23-29-26-25(27-28-20-11-7-8-12-21(20)31(23)27)22(33-24(32)10-6-2)16-30(26)19-14-13-17(3)18(4)15-19/h7-8,11-16H,5-6,9-10H2,1-4H3. The van der Waals surface area contributed by atoms with E-state index in [9.17, 15) is 4.79 Å². The molecule has 0 unspecified atom stereocenters. The zero-order valence-electron chi connectivity index (χ0n) is 19.6. The molecule has 0 aliphatic carbocycles. The van der Waals surface area contributed by atoms with Crippen molar-refractivity contribution < 1.29 is 9.53 Å². The van der Waals surface area contributed by atoms with Crippen LogP contribution in [0.4, 0.5) is 0 Å². The molecule has 3 aromatic heterocycles. The van der Waals surface area contributed by atoms with Gasteiger partial charge in [-0.05, 0) is 62.1 Å². The summed E-state index contributed by atoms with van der Waals surface area (Å²) in [5.74, 6) is 1.20. The number of fused-ring (bicyclic) bond motifs is 5. The van der Waals surface area contributed by atoms with Crippen molar-refractivity contribution in [2.24, 2.45) is 0 Å². The molecule has 3 heterocycles. The molecule has 6 nitrogen and oxygen atoms in total. The van der Waals surface area contributed by atoms with Crippen LogP contribution in [0.1, 0.15) is 50.1 Å². The first kappa shape index (κ1) is 21.2. The van der Waals surface area contributed by atoms with Gasteiger partial charge in [0.25, 0.3) is 0 Å². The van der Waals surface area contributed by atoms with Gasteiger partial charge in [-0.2, -0.15) is 0 Å². The number of imidazole rings is 1. The minimum Gasteiger partial charge on any atom is -0.424 e. The van der Waals surface area contributed by atoms with E-state index in [1.165, 1.54) is 11.1 Å². The third-order valence-electron chi connectivity index (χ3n) is 6.14. The second-order valence-electron chi connectivity index (χ2n) is 8.59. The topological polar surface area (TPSA) is 61.4 Å². The summed E-state index contributed by atoms with van der Waals surface area (Å²) >= 11 is 0. The summed E-state index contributed by atoms with van der Waals surface area (Å²) in [6.07, 6.45) is 4.75. The maximum absolute atomic E-state index is 12.5. The number of hydrogen-bond donors (Lipinski definition) is 0. The number of aryl methyl sites for hydroxylation is 3. The van der Waals surface area contributed by atoms with Crippen molar-refractivity contribution in [1.29, 1.82) is 0 Å². The SMILES string of the molecule is CCCC(=O)Oc1cn(-c2ccc(C)c(C)c2)c2nc(CCC)n3c4ccccc4nc3c12. The van der Waals surface area contributed by atoms with Gasteiger partial charge in [-0.25, -0.2) is 9.97 Å². The van der Waals surface area contributed by atoms with E-state index in [2.05, 4.69) is 49.4 Å². The lowest BCUT2D eigenvalue weighted by molar-refractivity contribution is -0.134. The first-order valence-corrected chi connectivity index (χ1v) is 11.6. The van der Waals surface area contributed by atoms with Gasteiger partial charge in [-0.1, -0.05) is 32.0 Å². The third kappa shape index (κ3) is 3.55. The van der Waals surface area contributed by atoms with Gasteiger partial charge in [0.2, 0.25) is 0 Å². The molecular formula is C27H28N4O2. The number of hydrogen-bond acceptors (Lipinski definition) is 4. The smallest absolute Gasteiger partial charge is 0.311 e. The Labute approximate surface area is 192 Å². The van der Waals surface area contributed by atoms with Gasteiger partial charge in [0.05, 0.1) is 17.2 Å². The van der Waals surface area contributed by atoms with Gasteiger partial charge < -0.3 is 4.74 Å². The van der Waals surface area contributed by atoms with E-state index < -0.39 is 0 Å². The molecule has 0 fully saturated rings. The first-order valence-electron chi connectivity index (χ1n) is 11.6. The molecule has 0 amide bonds. The Balaban J connectivity index is 1.88. The highest BCUT2D eigenvalue weighted by Crippen LogP contribution is 2.35. The van der Waals surface area contributed by atoms with Gasteiger partial charge in [0.1, 0.15) is 11.2 Å². The molecule has 0 spiro atoms. The number of ether oxygens (including phenoxy) is 1. The van der Waals surface area contributed by atoms with E-state index in [1.807, 2.05) is 35.9 Å². The van der Waals surface area contributed by atoms with Crippen molar-refractivity contribution in [3.8, 4) is 11.4 Å². The maximum atomic E-state index is 12.5. The summed E-state index contributed by atoms with van der Waals surface area (Å²) in [6, 6.07) is 14.4. The Kier molecular flexibility index (Phi) is 5.36. The Hall–Kier alpha value is -3.67. The molecule has 5 aromatic rings. The Morgan fingerprint density at radius 2 is 1.79 bits per heavy atom. The number of benzene rings is 2. The largest absolute Gasteiger partial charge is 0.424 e. The summed E-state index contributed by atoms with van der Waals surface area (Å²) in [4.78, 5) is 22.6. The quantitative estimate of drug-likeness (QED) is 0.299. The van der Waals surface area contributed by atoms with Crippen molar-refractivity contribution in [1.82, 2.24) is 18.9 Å². The number of carbonyl (C=O) groups is 1. The first-order chi connectivity index (χ1) is 16.0. The number of esters is 1. The summed E-state index contributed by atoms with van der Waals surface area (Å²) < 4.78 is 10.0. The van der Waals surface area contributed by atoms with Crippen molar-refractivity contribution in [3.63, 3.8) is 0 Å². The molecule has 0 saturated heterocycles. The van der Waals surface area contributed by atoms with Crippen molar-refractivity contribution in [2.45, 2.75) is 53.4 Å². The van der Waals surface area contributed by atoms with E-state index in [1.54, 1.807) is 0 Å². The number of para-hydroxylation sites is 2. The van der Waals surface area contributed by atoms with E-state index in [4.69, 9.17) is 14.7 Å². The van der Waals surface area contributed by atoms with Crippen LogP contribution in [0.3, 0.4) is 0 Å². The minimum atomic E-state index is -0.247. The molecular weight excluding hydrogens is 412 g/mol. The minimum absolute atomic E-state index is 0.247. The van der Waals surface area contributed by atoms with Gasteiger partial charge in [0, 0.05) is 18.5 Å². The predicted molar refractivity (Wildman–Crippen MR) is 131 cm³/mol. The van der Waals surface area contributed by atoms with Crippen LogP contribution in [0.5, 0.6) is 5.75 Å². The van der Waals surface area contributed by atoms with Crippen LogP contribution >= 0.6 is 0 Å². The molecule has 0 N–H and O–H groups in total. The average Bonchev–Trinajstić information content (AvgIpc) is 3.35. The fraction of sp³-hybridized carbons (Fsp3) is 0.296. The van der Waals surface area contributed by atoms with Crippen molar-refractivity contribution >= 4 is 33.7 Å². The van der Waals surface area contributed by atoms with Crippen LogP contribution in [-0.2, 0) is 11.2 Å². The van der Waals surface area contributed by atoms with Crippen LogP contribution < -0.4 is 4.74 Å². The van der Waals surface area contributed by atoms with Crippen molar-refractivity contribution in [2.75, 3.05) is 0 Å². The van der Waals surface area contributed by atoms with E-state index in [0.717, 1.165) is 58.5 Å². The summed E-state index contributed by atoms with van der Waals surface area (Å²) in [5, 5.41) is 0.758. The van der Waals surface area contributed by atoms with Gasteiger partial charge in [-0.3, -0.25) is 13.8 Å². The molecule has 0 bridgehead atoms. The highest BCUT2D eigenvalue weighted by molar-refractivity contribution is 6.01. The van der Waals surface area contributed by atoms with Gasteiger partial charge >= 0.3 is 5.97 Å². The molecule has 2 aromatic carbocycles. The molecule has 168 valence electrons. The average molecular weight is 441 g/mol. The Morgan fingerprint density at radius 1 is 0.970 bits per heavy atom. The zero-order chi connectivity index (χ0) is 23.1. The lowest BCUT2D eigenvalue weighted by Crippen LogP contribution is -2.07. The fourth-order valence-corrected chi connectivity index (χ4v) is 4.34. The van der Waals surface area contributed by atoms with Crippen LogP contribution in [-0.4, -0.2) is 24.9 Å². The van der Waals surface area contributed by atoms with Crippen molar-refractivity contribution in [3.05, 3.63) is 65.6 Å². The number of nitrogens with zero attached hydrogens (tertiary/aromatic N) is 4. The number of aromatic nitrogens is 4. The van der Waals surface area contributed by atoms with Crippen LogP contribution in [0.25, 0.3) is 33.4 Å². The molecule has 0 radical (unpaired) electrons. The van der Waals surface area contributed by atoms with Gasteiger partial charge in [-0.15, -0.1) is 0 Å². The lowest BCUT2D eigenvalue weighted by Gasteiger charge is -2.10. The highest BCUT2D eigenvalue weighted by atomic mass is 16.5. The second kappa shape index (κ2) is 8.35. The summed E-state index contributed by atoms with van der Waals surface area (Å²) in [7, 11) is 0. The Morgan fingerprint density at radius 3 is 2.55 bits per heavy atom. The van der Waals surface area contributed by atoms with Crippen LogP contribution in [0.15, 0.2) is 48.7 Å². The Bertz CT molecular complexity index is 1510. The monoisotopic (exact) mass is 440 g/mol. The molecule has 33 heavy (non-hydrogen) atoms. The maximum Gasteiger partial charge on any atom is 0.311 e. The van der Waals surface area contributed by atoms with E-state index in [-0.39, 0.29) is 5.97 Å². The normalized spacial score (nSPS) is 11.6.